The maximum atomic E-state index is 11.2. The molecule has 1 fully saturated rings. The minimum Gasteiger partial charge on any atom is -0.338 e. The summed E-state index contributed by atoms with van der Waals surface area (Å²) < 4.78 is 1.92. The van der Waals surface area contributed by atoms with Gasteiger partial charge in [0.2, 0.25) is 0 Å². The van der Waals surface area contributed by atoms with Gasteiger partial charge >= 0.3 is 6.03 Å². The average Bonchev–Trinajstić information content (AvgIpc) is 3.01. The van der Waals surface area contributed by atoms with Crippen molar-refractivity contribution in [3.05, 3.63) is 17.5 Å². The number of carbonyl (C=O) groups is 1. The first-order chi connectivity index (χ1) is 7.70. The Hall–Kier alpha value is -1.52. The fourth-order valence-electron chi connectivity index (χ4n) is 1.78. The van der Waals surface area contributed by atoms with Crippen molar-refractivity contribution in [1.29, 1.82) is 0 Å². The number of hydrogen-bond acceptors (Lipinski definition) is 2. The lowest BCUT2D eigenvalue weighted by Gasteiger charge is -2.02. The van der Waals surface area contributed by atoms with Crippen LogP contribution in [0.3, 0.4) is 0 Å². The van der Waals surface area contributed by atoms with Crippen molar-refractivity contribution in [1.82, 2.24) is 20.4 Å². The van der Waals surface area contributed by atoms with E-state index < -0.39 is 0 Å². The van der Waals surface area contributed by atoms with Crippen LogP contribution in [0.5, 0.6) is 0 Å². The Balaban J connectivity index is 1.89. The van der Waals surface area contributed by atoms with Gasteiger partial charge < -0.3 is 10.6 Å². The molecule has 0 radical (unpaired) electrons. The fraction of sp³-hybridized carbons (Fsp3) is 0.636. The smallest absolute Gasteiger partial charge is 0.315 e. The molecule has 2 amide bonds. The molecule has 0 atom stereocenters. The summed E-state index contributed by atoms with van der Waals surface area (Å²) in [5, 5.41) is 9.84. The second kappa shape index (κ2) is 4.55. The molecule has 1 heterocycles. The SMILES string of the molecule is CCNC(=O)NCc1cc(C2CC2)n(C)n1. The molecule has 5 heteroatoms. The second-order valence-corrected chi connectivity index (χ2v) is 4.17. The molecule has 1 aromatic heterocycles. The first kappa shape index (κ1) is 11.0. The van der Waals surface area contributed by atoms with E-state index in [0.717, 1.165) is 5.69 Å². The number of carbonyl (C=O) groups excluding carboxylic acids is 1. The summed E-state index contributed by atoms with van der Waals surface area (Å²) in [7, 11) is 1.96. The molecule has 5 nitrogen and oxygen atoms in total. The molecule has 2 N–H and O–H groups in total. The van der Waals surface area contributed by atoms with Crippen molar-refractivity contribution >= 4 is 6.03 Å². The zero-order valence-corrected chi connectivity index (χ0v) is 9.79. The number of nitrogens with one attached hydrogen (secondary N) is 2. The van der Waals surface area contributed by atoms with Gasteiger partial charge in [-0.05, 0) is 25.8 Å². The minimum absolute atomic E-state index is 0.138. The van der Waals surface area contributed by atoms with Crippen molar-refractivity contribution in [2.75, 3.05) is 6.54 Å². The third-order valence-corrected chi connectivity index (χ3v) is 2.73. The maximum Gasteiger partial charge on any atom is 0.315 e. The number of aromatic nitrogens is 2. The van der Waals surface area contributed by atoms with E-state index in [-0.39, 0.29) is 6.03 Å². The van der Waals surface area contributed by atoms with Gasteiger partial charge in [0.05, 0.1) is 12.2 Å². The normalized spacial score (nSPS) is 14.9. The molecule has 88 valence electrons. The van der Waals surface area contributed by atoms with Gasteiger partial charge in [0.1, 0.15) is 0 Å². The molecule has 1 aliphatic rings. The lowest BCUT2D eigenvalue weighted by molar-refractivity contribution is 0.241. The molecule has 0 unspecified atom stereocenters. The van der Waals surface area contributed by atoms with Gasteiger partial charge in [0, 0.05) is 25.2 Å². The van der Waals surface area contributed by atoms with E-state index in [1.54, 1.807) is 0 Å². The van der Waals surface area contributed by atoms with Crippen LogP contribution in [0, 0.1) is 0 Å². The van der Waals surface area contributed by atoms with E-state index in [4.69, 9.17) is 0 Å². The van der Waals surface area contributed by atoms with Crippen molar-refractivity contribution in [2.45, 2.75) is 32.2 Å². The summed E-state index contributed by atoms with van der Waals surface area (Å²) in [4.78, 5) is 11.2. The zero-order chi connectivity index (χ0) is 11.5. The van der Waals surface area contributed by atoms with Crippen LogP contribution in [0.15, 0.2) is 6.07 Å². The van der Waals surface area contributed by atoms with Gasteiger partial charge in [-0.2, -0.15) is 5.10 Å². The van der Waals surface area contributed by atoms with Gasteiger partial charge in [-0.3, -0.25) is 4.68 Å². The van der Waals surface area contributed by atoms with E-state index in [0.29, 0.717) is 19.0 Å². The number of urea groups is 1. The van der Waals surface area contributed by atoms with Crippen LogP contribution in [-0.4, -0.2) is 22.4 Å². The quantitative estimate of drug-likeness (QED) is 0.802. The van der Waals surface area contributed by atoms with Crippen LogP contribution >= 0.6 is 0 Å². The lowest BCUT2D eigenvalue weighted by atomic mass is 10.2. The second-order valence-electron chi connectivity index (χ2n) is 4.17. The largest absolute Gasteiger partial charge is 0.338 e. The van der Waals surface area contributed by atoms with Crippen LogP contribution in [0.25, 0.3) is 0 Å². The molecular formula is C11H18N4O. The van der Waals surface area contributed by atoms with Crippen molar-refractivity contribution in [2.24, 2.45) is 7.05 Å². The topological polar surface area (TPSA) is 59.0 Å². The molecule has 16 heavy (non-hydrogen) atoms. The number of aryl methyl sites for hydroxylation is 1. The van der Waals surface area contributed by atoms with E-state index >= 15 is 0 Å². The van der Waals surface area contributed by atoms with Crippen LogP contribution in [-0.2, 0) is 13.6 Å². The summed E-state index contributed by atoms with van der Waals surface area (Å²) in [6.45, 7) is 3.03. The Morgan fingerprint density at radius 1 is 1.56 bits per heavy atom. The van der Waals surface area contributed by atoms with E-state index in [2.05, 4.69) is 21.8 Å². The Kier molecular flexibility index (Phi) is 3.12. The average molecular weight is 222 g/mol. The van der Waals surface area contributed by atoms with Gasteiger partial charge in [-0.1, -0.05) is 0 Å². The lowest BCUT2D eigenvalue weighted by Crippen LogP contribution is -2.34. The van der Waals surface area contributed by atoms with Gasteiger partial charge in [0.25, 0.3) is 0 Å². The first-order valence-corrected chi connectivity index (χ1v) is 5.75. The van der Waals surface area contributed by atoms with Gasteiger partial charge in [-0.25, -0.2) is 4.79 Å². The molecule has 0 bridgehead atoms. The molecule has 0 spiro atoms. The van der Waals surface area contributed by atoms with Gasteiger partial charge in [-0.15, -0.1) is 0 Å². The molecular weight excluding hydrogens is 204 g/mol. The summed E-state index contributed by atoms with van der Waals surface area (Å²) in [5.74, 6) is 0.690. The molecule has 1 aromatic rings. The summed E-state index contributed by atoms with van der Waals surface area (Å²) in [6, 6.07) is 1.95. The number of nitrogens with zero attached hydrogens (tertiary/aromatic N) is 2. The predicted octanol–water partition coefficient (Wildman–Crippen LogP) is 1.12. The molecule has 1 aliphatic carbocycles. The number of rotatable bonds is 4. The zero-order valence-electron chi connectivity index (χ0n) is 9.79. The monoisotopic (exact) mass is 222 g/mol. The molecule has 2 rings (SSSR count). The van der Waals surface area contributed by atoms with Crippen LogP contribution in [0.4, 0.5) is 4.79 Å². The highest BCUT2D eigenvalue weighted by atomic mass is 16.2. The van der Waals surface area contributed by atoms with E-state index in [1.165, 1.54) is 18.5 Å². The molecule has 0 aromatic carbocycles. The molecule has 0 aliphatic heterocycles. The van der Waals surface area contributed by atoms with E-state index in [1.807, 2.05) is 18.7 Å². The van der Waals surface area contributed by atoms with Crippen molar-refractivity contribution in [3.63, 3.8) is 0 Å². The number of hydrogen-bond donors (Lipinski definition) is 2. The third kappa shape index (κ3) is 2.53. The Morgan fingerprint density at radius 3 is 2.94 bits per heavy atom. The highest BCUT2D eigenvalue weighted by Gasteiger charge is 2.27. The molecule has 1 saturated carbocycles. The Morgan fingerprint density at radius 2 is 2.31 bits per heavy atom. The van der Waals surface area contributed by atoms with Crippen LogP contribution in [0.2, 0.25) is 0 Å². The van der Waals surface area contributed by atoms with Crippen molar-refractivity contribution in [3.8, 4) is 0 Å². The molecule has 0 saturated heterocycles. The Bertz CT molecular complexity index is 381. The third-order valence-electron chi connectivity index (χ3n) is 2.73. The Labute approximate surface area is 95.2 Å². The predicted molar refractivity (Wildman–Crippen MR) is 61.1 cm³/mol. The highest BCUT2D eigenvalue weighted by molar-refractivity contribution is 5.73. The summed E-state index contributed by atoms with van der Waals surface area (Å²) >= 11 is 0. The van der Waals surface area contributed by atoms with Crippen LogP contribution < -0.4 is 10.6 Å². The standard InChI is InChI=1S/C11H18N4O/c1-3-12-11(16)13-7-9-6-10(8-4-5-8)15(2)14-9/h6,8H,3-5,7H2,1-2H3,(H2,12,13,16). The fourth-order valence-corrected chi connectivity index (χ4v) is 1.78. The first-order valence-electron chi connectivity index (χ1n) is 5.75. The van der Waals surface area contributed by atoms with E-state index in [9.17, 15) is 4.79 Å². The summed E-state index contributed by atoms with van der Waals surface area (Å²) in [5.41, 5.74) is 2.21. The number of amides is 2. The van der Waals surface area contributed by atoms with Gasteiger partial charge in [0.15, 0.2) is 0 Å². The summed E-state index contributed by atoms with van der Waals surface area (Å²) in [6.07, 6.45) is 2.53. The maximum absolute atomic E-state index is 11.2. The highest BCUT2D eigenvalue weighted by Crippen LogP contribution is 2.39. The minimum atomic E-state index is -0.138. The van der Waals surface area contributed by atoms with Crippen LogP contribution in [0.1, 0.15) is 37.1 Å². The van der Waals surface area contributed by atoms with Crippen molar-refractivity contribution < 1.29 is 4.79 Å².